The average molecular weight is 790 g/mol. The predicted molar refractivity (Wildman–Crippen MR) is 203 cm³/mol. The molecule has 3 N–H and O–H groups in total. The largest absolute Gasteiger partial charge is 0.507 e. The van der Waals surface area contributed by atoms with Crippen LogP contribution in [0.5, 0.6) is 28.7 Å². The fourth-order valence-corrected chi connectivity index (χ4v) is 9.08. The van der Waals surface area contributed by atoms with Crippen molar-refractivity contribution < 1.29 is 48.3 Å². The fraction of sp³-hybridized carbons (Fsp3) is 0.439. The number of aromatic nitrogens is 1. The maximum absolute atomic E-state index is 14.4. The molecule has 14 nitrogen and oxygen atoms in total. The number of benzene rings is 2. The summed E-state index contributed by atoms with van der Waals surface area (Å²) in [6.45, 7) is 3.44. The Balaban J connectivity index is 1.11. The topological polar surface area (TPSA) is 183 Å². The maximum atomic E-state index is 14.4. The molecule has 2 aromatic carbocycles. The van der Waals surface area contributed by atoms with Crippen LogP contribution in [0.2, 0.25) is 5.02 Å². The van der Waals surface area contributed by atoms with Crippen LogP contribution in [0.3, 0.4) is 0 Å². The molecule has 1 fully saturated rings. The van der Waals surface area contributed by atoms with Crippen LogP contribution in [0.4, 0.5) is 0 Å². The number of hydrogen-bond acceptors (Lipinski definition) is 11. The molecule has 5 unspecified atom stereocenters. The van der Waals surface area contributed by atoms with Crippen LogP contribution < -0.4 is 29.8 Å². The van der Waals surface area contributed by atoms with Crippen LogP contribution in [0, 0.1) is 11.8 Å². The SMILES string of the molecule is COc1cc(C(CC(=O)NCCCC(=O)N2CC3CC(C2)c2cccc(=O)n2C3)C2=C(O)C3(Oc4c(Cl)c(OC)cc(OC)c4C3=O)C(C)CC2=O)ccc1O. The number of nitrogens with one attached hydrogen (secondary N) is 1. The molecule has 2 amide bonds. The first kappa shape index (κ1) is 38.8. The summed E-state index contributed by atoms with van der Waals surface area (Å²) in [5.41, 5.74) is -1.02. The summed E-state index contributed by atoms with van der Waals surface area (Å²) in [5, 5.41) is 25.4. The van der Waals surface area contributed by atoms with Crippen molar-refractivity contribution in [2.75, 3.05) is 41.0 Å². The number of ketones is 2. The Morgan fingerprint density at radius 2 is 1.75 bits per heavy atom. The second-order valence-electron chi connectivity index (χ2n) is 14.9. The first-order chi connectivity index (χ1) is 26.8. The summed E-state index contributed by atoms with van der Waals surface area (Å²) in [6.07, 6.45) is 0.915. The highest BCUT2D eigenvalue weighted by Crippen LogP contribution is 2.56. The van der Waals surface area contributed by atoms with Crippen molar-refractivity contribution in [2.24, 2.45) is 11.8 Å². The van der Waals surface area contributed by atoms with Crippen molar-refractivity contribution in [2.45, 2.75) is 63.0 Å². The van der Waals surface area contributed by atoms with Gasteiger partial charge in [0.05, 0.1) is 21.3 Å². The molecule has 1 aliphatic carbocycles. The number of aromatic hydroxyl groups is 1. The second kappa shape index (κ2) is 15.2. The Morgan fingerprint density at radius 1 is 1.00 bits per heavy atom. The van der Waals surface area contributed by atoms with Gasteiger partial charge in [0.2, 0.25) is 23.2 Å². The molecule has 7 rings (SSSR count). The van der Waals surface area contributed by atoms with Gasteiger partial charge < -0.3 is 43.9 Å². The predicted octanol–water partition coefficient (Wildman–Crippen LogP) is 4.68. The number of Topliss-reactive ketones (excluding diaryl/α,β-unsaturated/α-hetero) is 2. The third-order valence-electron chi connectivity index (χ3n) is 11.6. The van der Waals surface area contributed by atoms with Crippen LogP contribution >= 0.6 is 11.6 Å². The van der Waals surface area contributed by atoms with Crippen molar-refractivity contribution in [3.8, 4) is 28.7 Å². The van der Waals surface area contributed by atoms with E-state index >= 15 is 0 Å². The summed E-state index contributed by atoms with van der Waals surface area (Å²) >= 11 is 6.61. The van der Waals surface area contributed by atoms with E-state index in [0.29, 0.717) is 31.6 Å². The Bertz CT molecular complexity index is 2220. The van der Waals surface area contributed by atoms with Gasteiger partial charge in [-0.3, -0.25) is 24.0 Å². The normalized spacial score (nSPS) is 22.9. The zero-order valence-corrected chi connectivity index (χ0v) is 32.3. The van der Waals surface area contributed by atoms with E-state index in [9.17, 15) is 34.2 Å². The molecular weight excluding hydrogens is 746 g/mol. The Kier molecular flexibility index (Phi) is 10.5. The lowest BCUT2D eigenvalue weighted by molar-refractivity contribution is -0.134. The van der Waals surface area contributed by atoms with Gasteiger partial charge in [0.25, 0.3) is 5.56 Å². The monoisotopic (exact) mass is 789 g/mol. The quantitative estimate of drug-likeness (QED) is 0.229. The molecule has 1 spiro atoms. The summed E-state index contributed by atoms with van der Waals surface area (Å²) in [6, 6.07) is 11.0. The molecule has 2 bridgehead atoms. The highest BCUT2D eigenvalue weighted by molar-refractivity contribution is 6.35. The number of likely N-dealkylation sites (tertiary alicyclic amines) is 1. The van der Waals surface area contributed by atoms with Crippen LogP contribution in [-0.2, 0) is 20.9 Å². The standard InChI is InChI=1S/C41H44ClN3O11/c1-21-13-28(47)35(39(51)41(21)40(52)36-30(54-3)17-31(55-4)37(42)38(36)56-41)25(23-10-11-27(46)29(15-23)53-2)16-32(48)43-12-6-9-33(49)44-18-22-14-24(20-44)26-7-5-8-34(50)45(26)19-22/h5,7-8,10-11,15,17,21-22,24-25,46,51H,6,9,12-14,16,18-20H2,1-4H3,(H,43,48). The number of carbonyl (C=O) groups excluding carboxylic acids is 4. The second-order valence-corrected chi connectivity index (χ2v) is 15.3. The molecule has 5 atom stereocenters. The van der Waals surface area contributed by atoms with Gasteiger partial charge >= 0.3 is 0 Å². The van der Waals surface area contributed by atoms with E-state index in [1.807, 2.05) is 15.5 Å². The van der Waals surface area contributed by atoms with E-state index in [-0.39, 0.29) is 94.0 Å². The van der Waals surface area contributed by atoms with Gasteiger partial charge in [-0.05, 0) is 42.5 Å². The fourth-order valence-electron chi connectivity index (χ4n) is 8.82. The van der Waals surface area contributed by atoms with E-state index < -0.39 is 40.7 Å². The molecule has 15 heteroatoms. The molecular formula is C41H44ClN3O11. The summed E-state index contributed by atoms with van der Waals surface area (Å²) in [7, 11) is 4.10. The molecule has 0 saturated carbocycles. The smallest absolute Gasteiger partial charge is 0.250 e. The van der Waals surface area contributed by atoms with Gasteiger partial charge in [-0.25, -0.2) is 0 Å². The number of fused-ring (bicyclic) bond motifs is 5. The third kappa shape index (κ3) is 6.53. The van der Waals surface area contributed by atoms with E-state index in [2.05, 4.69) is 5.32 Å². The van der Waals surface area contributed by atoms with Crippen molar-refractivity contribution in [3.63, 3.8) is 0 Å². The number of pyridine rings is 1. The Labute approximate surface area is 327 Å². The molecule has 0 radical (unpaired) electrons. The van der Waals surface area contributed by atoms with Gasteiger partial charge in [0.1, 0.15) is 22.1 Å². The van der Waals surface area contributed by atoms with Gasteiger partial charge in [-0.15, -0.1) is 0 Å². The average Bonchev–Trinajstić information content (AvgIpc) is 3.50. The lowest BCUT2D eigenvalue weighted by Crippen LogP contribution is -2.53. The summed E-state index contributed by atoms with van der Waals surface area (Å²) < 4.78 is 24.3. The number of methoxy groups -OCH3 is 3. The van der Waals surface area contributed by atoms with Gasteiger partial charge in [-0.1, -0.05) is 30.7 Å². The number of allylic oxidation sites excluding steroid dienone is 1. The first-order valence-corrected chi connectivity index (χ1v) is 19.0. The number of hydrogen-bond donors (Lipinski definition) is 3. The number of phenols is 1. The van der Waals surface area contributed by atoms with Crippen molar-refractivity contribution in [1.82, 2.24) is 14.8 Å². The first-order valence-electron chi connectivity index (χ1n) is 18.6. The number of phenolic OH excluding ortho intramolecular Hbond substituents is 1. The molecule has 56 heavy (non-hydrogen) atoms. The zero-order chi connectivity index (χ0) is 40.1. The number of carbonyl (C=O) groups is 4. The van der Waals surface area contributed by atoms with E-state index in [1.54, 1.807) is 19.1 Å². The zero-order valence-electron chi connectivity index (χ0n) is 31.6. The lowest BCUT2D eigenvalue weighted by Gasteiger charge is -2.42. The van der Waals surface area contributed by atoms with Crippen LogP contribution in [0.15, 0.2) is 58.6 Å². The summed E-state index contributed by atoms with van der Waals surface area (Å²) in [4.78, 5) is 69.6. The van der Waals surface area contributed by atoms with Crippen molar-refractivity contribution in [3.05, 3.63) is 86.0 Å². The number of amides is 2. The minimum absolute atomic E-state index is 0.0185. The maximum Gasteiger partial charge on any atom is 0.250 e. The lowest BCUT2D eigenvalue weighted by atomic mass is 9.69. The molecule has 1 saturated heterocycles. The number of nitrogens with zero attached hydrogens (tertiary/aromatic N) is 2. The number of rotatable bonds is 11. The number of halogens is 1. The number of aliphatic hydroxyl groups excluding tert-OH is 1. The van der Waals surface area contributed by atoms with Crippen molar-refractivity contribution in [1.29, 1.82) is 0 Å². The van der Waals surface area contributed by atoms with Crippen molar-refractivity contribution >= 4 is 35.0 Å². The van der Waals surface area contributed by atoms with Crippen LogP contribution in [-0.4, -0.2) is 89.6 Å². The molecule has 1 aromatic heterocycles. The highest BCUT2D eigenvalue weighted by atomic mass is 35.5. The van der Waals surface area contributed by atoms with E-state index in [4.69, 9.17) is 30.5 Å². The van der Waals surface area contributed by atoms with E-state index in [1.165, 1.54) is 45.6 Å². The number of ether oxygens (including phenoxy) is 4. The Morgan fingerprint density at radius 3 is 2.48 bits per heavy atom. The molecule has 296 valence electrons. The molecule has 3 aromatic rings. The number of aliphatic hydroxyl groups is 1. The van der Waals surface area contributed by atoms with Gasteiger partial charge in [0.15, 0.2) is 28.8 Å². The number of piperidine rings is 1. The Hall–Kier alpha value is -5.50. The minimum Gasteiger partial charge on any atom is -0.507 e. The molecule has 3 aliphatic heterocycles. The summed E-state index contributed by atoms with van der Waals surface area (Å²) in [5.74, 6) is -3.95. The molecule has 4 aliphatic rings. The third-order valence-corrected chi connectivity index (χ3v) is 11.9. The highest BCUT2D eigenvalue weighted by Gasteiger charge is 2.61. The van der Waals surface area contributed by atoms with E-state index in [0.717, 1.165) is 12.1 Å². The minimum atomic E-state index is -2.07. The van der Waals surface area contributed by atoms with Crippen LogP contribution in [0.25, 0.3) is 0 Å². The van der Waals surface area contributed by atoms with Crippen LogP contribution in [0.1, 0.15) is 72.5 Å². The van der Waals surface area contributed by atoms with Gasteiger partial charge in [0, 0.05) is 86.6 Å². The molecule has 4 heterocycles. The van der Waals surface area contributed by atoms with Gasteiger partial charge in [-0.2, -0.15) is 0 Å².